The van der Waals surface area contributed by atoms with Crippen LogP contribution in [0.3, 0.4) is 0 Å². The second-order valence-electron chi connectivity index (χ2n) is 10.6. The molecule has 1 aromatic heterocycles. The number of rotatable bonds is 9. The van der Waals surface area contributed by atoms with Gasteiger partial charge in [0.15, 0.2) is 11.5 Å². The number of ether oxygens (including phenoxy) is 2. The summed E-state index contributed by atoms with van der Waals surface area (Å²) in [6, 6.07) is 17.9. The average Bonchev–Trinajstić information content (AvgIpc) is 3.73. The van der Waals surface area contributed by atoms with Crippen LogP contribution in [0.15, 0.2) is 72.1 Å². The predicted molar refractivity (Wildman–Crippen MR) is 166 cm³/mol. The Labute approximate surface area is 262 Å². The van der Waals surface area contributed by atoms with Crippen LogP contribution in [0.4, 0.5) is 11.4 Å². The van der Waals surface area contributed by atoms with Crippen LogP contribution in [0, 0.1) is 5.92 Å². The Morgan fingerprint density at radius 3 is 2.57 bits per heavy atom. The fourth-order valence-corrected chi connectivity index (χ4v) is 6.18. The number of halogens is 1. The Hall–Kier alpha value is -4.74. The summed E-state index contributed by atoms with van der Waals surface area (Å²) in [5.41, 5.74) is 2.64. The Balaban J connectivity index is 1.31. The van der Waals surface area contributed by atoms with Crippen molar-refractivity contribution in [3.05, 3.63) is 87.7 Å². The molecule has 0 aliphatic carbocycles. The SMILES string of the molecule is CC(C)C(C(=O)Nc1ccc2c(c1)OCO2)N(Cc1nc(-c2ccc(Cl)cc2)cs1)C(=O)CN1C(=O)C(=O)c2ccccc21. The number of aromatic nitrogens is 1. The molecule has 4 aromatic rings. The van der Waals surface area contributed by atoms with Gasteiger partial charge in [-0.3, -0.25) is 24.1 Å². The first kappa shape index (κ1) is 29.3. The number of ketones is 1. The maximum Gasteiger partial charge on any atom is 0.299 e. The first-order valence-corrected chi connectivity index (χ1v) is 15.1. The number of thiazole rings is 1. The van der Waals surface area contributed by atoms with Crippen LogP contribution in [0.2, 0.25) is 5.02 Å². The fraction of sp³-hybridized carbons (Fsp3) is 0.219. The van der Waals surface area contributed by atoms with Crippen molar-refractivity contribution in [2.75, 3.05) is 23.6 Å². The monoisotopic (exact) mass is 630 g/mol. The van der Waals surface area contributed by atoms with Gasteiger partial charge in [0.05, 0.1) is 23.5 Å². The van der Waals surface area contributed by atoms with Crippen molar-refractivity contribution in [1.82, 2.24) is 9.88 Å². The largest absolute Gasteiger partial charge is 0.454 e. The molecule has 44 heavy (non-hydrogen) atoms. The number of Topliss-reactive ketones (excluding diaryl/α,β-unsaturated/α-hetero) is 1. The summed E-state index contributed by atoms with van der Waals surface area (Å²) in [5, 5.41) is 5.97. The lowest BCUT2D eigenvalue weighted by atomic mass is 10.0. The lowest BCUT2D eigenvalue weighted by molar-refractivity contribution is -0.140. The Kier molecular flexibility index (Phi) is 8.07. The van der Waals surface area contributed by atoms with E-state index in [1.807, 2.05) is 31.4 Å². The normalized spacial score (nSPS) is 14.1. The van der Waals surface area contributed by atoms with Crippen LogP contribution in [0.5, 0.6) is 11.5 Å². The van der Waals surface area contributed by atoms with Crippen LogP contribution in [-0.4, -0.2) is 52.8 Å². The molecule has 0 fully saturated rings. The molecule has 2 aliphatic rings. The van der Waals surface area contributed by atoms with Crippen LogP contribution < -0.4 is 19.7 Å². The molecule has 0 radical (unpaired) electrons. The van der Waals surface area contributed by atoms with Gasteiger partial charge in [-0.1, -0.05) is 49.7 Å². The smallest absolute Gasteiger partial charge is 0.299 e. The van der Waals surface area contributed by atoms with Crippen LogP contribution in [-0.2, 0) is 20.9 Å². The van der Waals surface area contributed by atoms with Crippen LogP contribution in [0.25, 0.3) is 11.3 Å². The maximum absolute atomic E-state index is 14.1. The maximum atomic E-state index is 14.1. The third-order valence-electron chi connectivity index (χ3n) is 7.37. The molecule has 3 aromatic carbocycles. The van der Waals surface area contributed by atoms with Gasteiger partial charge in [0.1, 0.15) is 17.6 Å². The van der Waals surface area contributed by atoms with Crippen molar-refractivity contribution in [1.29, 1.82) is 0 Å². The number of anilines is 2. The predicted octanol–water partition coefficient (Wildman–Crippen LogP) is 5.41. The van der Waals surface area contributed by atoms with Gasteiger partial charge in [-0.15, -0.1) is 11.3 Å². The number of carbonyl (C=O) groups excluding carboxylic acids is 4. The zero-order valence-corrected chi connectivity index (χ0v) is 25.4. The summed E-state index contributed by atoms with van der Waals surface area (Å²) >= 11 is 7.40. The van der Waals surface area contributed by atoms with Crippen molar-refractivity contribution in [2.24, 2.45) is 5.92 Å². The zero-order valence-electron chi connectivity index (χ0n) is 23.8. The van der Waals surface area contributed by atoms with E-state index in [0.717, 1.165) is 5.56 Å². The third-order valence-corrected chi connectivity index (χ3v) is 8.45. The van der Waals surface area contributed by atoms with E-state index in [4.69, 9.17) is 26.1 Å². The molecular formula is C32H27ClN4O6S. The number of fused-ring (bicyclic) bond motifs is 2. The van der Waals surface area contributed by atoms with Crippen molar-refractivity contribution in [2.45, 2.75) is 26.4 Å². The van der Waals surface area contributed by atoms with Gasteiger partial charge >= 0.3 is 0 Å². The molecule has 0 bridgehead atoms. The molecule has 6 rings (SSSR count). The fourth-order valence-electron chi connectivity index (χ4n) is 5.25. The van der Waals surface area contributed by atoms with E-state index in [2.05, 4.69) is 5.32 Å². The number of para-hydroxylation sites is 1. The molecule has 3 amide bonds. The van der Waals surface area contributed by atoms with E-state index in [1.54, 1.807) is 54.6 Å². The zero-order chi connectivity index (χ0) is 31.0. The minimum absolute atomic E-state index is 0.00607. The number of hydrogen-bond donors (Lipinski definition) is 1. The summed E-state index contributed by atoms with van der Waals surface area (Å²) in [7, 11) is 0. The van der Waals surface area contributed by atoms with E-state index >= 15 is 0 Å². The van der Waals surface area contributed by atoms with Gasteiger partial charge in [-0.2, -0.15) is 0 Å². The van der Waals surface area contributed by atoms with E-state index in [9.17, 15) is 19.2 Å². The molecule has 3 heterocycles. The standard InChI is InChI=1S/C32H27ClN4O6S/c1-18(2)29(31(40)34-21-11-12-25-26(13-21)43-17-42-25)37(14-27-35-23(16-44-27)19-7-9-20(33)10-8-19)28(38)15-36-24-6-4-3-5-22(24)30(39)32(36)41/h3-13,16,18,29H,14-15,17H2,1-2H3,(H,34,40). The number of amides is 3. The summed E-state index contributed by atoms with van der Waals surface area (Å²) in [6.45, 7) is 3.36. The van der Waals surface area contributed by atoms with E-state index in [0.29, 0.717) is 38.6 Å². The van der Waals surface area contributed by atoms with E-state index in [1.165, 1.54) is 21.1 Å². The Morgan fingerprint density at radius 2 is 1.80 bits per heavy atom. The molecule has 0 saturated carbocycles. The molecule has 2 aliphatic heterocycles. The molecule has 224 valence electrons. The molecule has 1 atom stereocenters. The number of nitrogens with zero attached hydrogens (tertiary/aromatic N) is 3. The topological polar surface area (TPSA) is 118 Å². The van der Waals surface area contributed by atoms with Gasteiger partial charge in [0, 0.05) is 27.7 Å². The lowest BCUT2D eigenvalue weighted by Gasteiger charge is -2.34. The number of carbonyl (C=O) groups is 4. The highest BCUT2D eigenvalue weighted by atomic mass is 35.5. The number of benzene rings is 3. The molecular weight excluding hydrogens is 604 g/mol. The van der Waals surface area contributed by atoms with Gasteiger partial charge in [0.25, 0.3) is 11.7 Å². The molecule has 1 N–H and O–H groups in total. The average molecular weight is 631 g/mol. The highest BCUT2D eigenvalue weighted by Gasteiger charge is 2.40. The second kappa shape index (κ2) is 12.1. The number of nitrogens with one attached hydrogen (secondary N) is 1. The first-order valence-electron chi connectivity index (χ1n) is 13.8. The highest BCUT2D eigenvalue weighted by Crippen LogP contribution is 2.35. The summed E-state index contributed by atoms with van der Waals surface area (Å²) in [4.78, 5) is 60.8. The first-order chi connectivity index (χ1) is 21.2. The van der Waals surface area contributed by atoms with Crippen LogP contribution >= 0.6 is 22.9 Å². The lowest BCUT2D eigenvalue weighted by Crippen LogP contribution is -2.53. The third kappa shape index (κ3) is 5.76. The Morgan fingerprint density at radius 1 is 1.05 bits per heavy atom. The van der Waals surface area contributed by atoms with E-state index in [-0.39, 0.29) is 24.8 Å². The molecule has 0 spiro atoms. The molecule has 1 unspecified atom stereocenters. The van der Waals surface area contributed by atoms with Crippen molar-refractivity contribution in [3.63, 3.8) is 0 Å². The highest BCUT2D eigenvalue weighted by molar-refractivity contribution is 7.09. The minimum Gasteiger partial charge on any atom is -0.454 e. The van der Waals surface area contributed by atoms with Gasteiger partial charge in [-0.25, -0.2) is 4.98 Å². The minimum atomic E-state index is -0.945. The van der Waals surface area contributed by atoms with Crippen molar-refractivity contribution in [3.8, 4) is 22.8 Å². The summed E-state index contributed by atoms with van der Waals surface area (Å²) in [5.74, 6) is -1.64. The molecule has 0 saturated heterocycles. The van der Waals surface area contributed by atoms with Crippen LogP contribution in [0.1, 0.15) is 29.2 Å². The number of hydrogen-bond acceptors (Lipinski definition) is 8. The van der Waals surface area contributed by atoms with Gasteiger partial charge in [-0.05, 0) is 42.3 Å². The van der Waals surface area contributed by atoms with Crippen molar-refractivity contribution < 1.29 is 28.7 Å². The quantitative estimate of drug-likeness (QED) is 0.246. The molecule has 12 heteroatoms. The van der Waals surface area contributed by atoms with Crippen molar-refractivity contribution >= 4 is 57.8 Å². The summed E-state index contributed by atoms with van der Waals surface area (Å²) in [6.07, 6.45) is 0. The summed E-state index contributed by atoms with van der Waals surface area (Å²) < 4.78 is 10.8. The van der Waals surface area contributed by atoms with Gasteiger partial charge in [0.2, 0.25) is 18.6 Å². The van der Waals surface area contributed by atoms with E-state index < -0.39 is 36.1 Å². The second-order valence-corrected chi connectivity index (χ2v) is 12.0. The molecule has 10 nitrogen and oxygen atoms in total. The Bertz CT molecular complexity index is 1770. The van der Waals surface area contributed by atoms with Gasteiger partial charge < -0.3 is 19.7 Å².